The van der Waals surface area contributed by atoms with E-state index in [0.717, 1.165) is 13.0 Å². The molecule has 136 valence electrons. The van der Waals surface area contributed by atoms with Crippen molar-refractivity contribution in [1.82, 2.24) is 0 Å². The number of hydrogen-bond donors (Lipinski definition) is 0. The average molecular weight is 420 g/mol. The molecule has 0 bridgehead atoms. The summed E-state index contributed by atoms with van der Waals surface area (Å²) in [6, 6.07) is 5.73. The minimum absolute atomic E-state index is 0. The summed E-state index contributed by atoms with van der Waals surface area (Å²) in [5.41, 5.74) is 0. The van der Waals surface area contributed by atoms with Gasteiger partial charge in [0, 0.05) is 5.39 Å². The molecule has 0 saturated carbocycles. The maximum Gasteiger partial charge on any atom is 1.00 e. The molecule has 0 N–H and O–H groups in total. The topological polar surface area (TPSA) is 158 Å². The number of allylic oxidation sites excluding steroid dienone is 1. The van der Waals surface area contributed by atoms with Crippen LogP contribution in [0, 0.1) is 0 Å². The van der Waals surface area contributed by atoms with Gasteiger partial charge in [-0.2, -0.15) is 8.42 Å². The van der Waals surface area contributed by atoms with E-state index in [1.165, 1.54) is 18.2 Å². The van der Waals surface area contributed by atoms with Gasteiger partial charge >= 0.3 is 47.8 Å². The Morgan fingerprint density at radius 3 is 1.89 bits per heavy atom. The monoisotopic (exact) mass is 420 g/mol. The first-order valence-corrected chi connectivity index (χ1v) is 10.5. The van der Waals surface area contributed by atoms with Crippen LogP contribution in [0.1, 0.15) is 6.92 Å². The molecule has 0 heterocycles. The number of fused-ring (bicyclic) bond motifs is 1. The number of benzene rings is 2. The smallest absolute Gasteiger partial charge is 0.744 e. The summed E-state index contributed by atoms with van der Waals surface area (Å²) in [6.07, 6.45) is 0. The predicted molar refractivity (Wildman–Crippen MR) is 83.0 cm³/mol. The van der Waals surface area contributed by atoms with Crippen molar-refractivity contribution in [2.75, 3.05) is 0 Å². The standard InChI is InChI=1S/C13H12O9S3.2Li/c1-8(2)22-25(20,21)12-10-6-4-3-5-9(10)7-11(23(14,15)16)13(12)24(17,18)19;;/h3-7H,1H2,2H3,(H,14,15,16)(H,17,18,19);;/q;2*+1/p-2. The molecule has 0 aromatic heterocycles. The van der Waals surface area contributed by atoms with E-state index in [1.54, 1.807) is 0 Å². The summed E-state index contributed by atoms with van der Waals surface area (Å²) in [6.45, 7) is 4.34. The van der Waals surface area contributed by atoms with Gasteiger partial charge in [0.15, 0.2) is 0 Å². The summed E-state index contributed by atoms with van der Waals surface area (Å²) in [7, 11) is -16.1. The minimum Gasteiger partial charge on any atom is -0.744 e. The van der Waals surface area contributed by atoms with E-state index in [0.29, 0.717) is 6.07 Å². The first-order chi connectivity index (χ1) is 11.2. The van der Waals surface area contributed by atoms with Crippen LogP contribution in [-0.2, 0) is 34.5 Å². The Morgan fingerprint density at radius 1 is 0.926 bits per heavy atom. The van der Waals surface area contributed by atoms with Crippen molar-refractivity contribution in [3.05, 3.63) is 42.7 Å². The van der Waals surface area contributed by atoms with Crippen molar-refractivity contribution in [3.8, 4) is 0 Å². The Morgan fingerprint density at radius 2 is 1.44 bits per heavy atom. The Bertz CT molecular complexity index is 1200. The molecule has 0 aliphatic heterocycles. The second-order valence-corrected chi connectivity index (χ2v) is 9.05. The van der Waals surface area contributed by atoms with Crippen LogP contribution in [0.3, 0.4) is 0 Å². The third-order valence-electron chi connectivity index (χ3n) is 2.94. The van der Waals surface area contributed by atoms with E-state index >= 15 is 0 Å². The molecule has 0 unspecified atom stereocenters. The molecule has 0 atom stereocenters. The van der Waals surface area contributed by atoms with Crippen molar-refractivity contribution < 1.29 is 76.3 Å². The summed E-state index contributed by atoms with van der Waals surface area (Å²) in [5.74, 6) is -0.367. The molecule has 0 aliphatic rings. The van der Waals surface area contributed by atoms with E-state index in [2.05, 4.69) is 10.8 Å². The summed E-state index contributed by atoms with van der Waals surface area (Å²) >= 11 is 0. The van der Waals surface area contributed by atoms with Gasteiger partial charge < -0.3 is 13.3 Å². The molecule has 0 spiro atoms. The summed E-state index contributed by atoms with van der Waals surface area (Å²) in [5, 5.41) is -0.390. The van der Waals surface area contributed by atoms with Gasteiger partial charge in [0.2, 0.25) is 0 Å². The van der Waals surface area contributed by atoms with Gasteiger partial charge in [0.05, 0.1) is 9.79 Å². The second kappa shape index (κ2) is 8.70. The Kier molecular flexibility index (Phi) is 8.44. The minimum atomic E-state index is -5.68. The molecule has 14 heteroatoms. The Balaban J connectivity index is 0.00000338. The molecule has 9 nitrogen and oxygen atoms in total. The van der Waals surface area contributed by atoms with Crippen molar-refractivity contribution in [3.63, 3.8) is 0 Å². The van der Waals surface area contributed by atoms with Crippen LogP contribution in [0.15, 0.2) is 57.4 Å². The molecule has 0 saturated heterocycles. The maximum absolute atomic E-state index is 12.4. The predicted octanol–water partition coefficient (Wildman–Crippen LogP) is -5.11. The number of rotatable bonds is 5. The fourth-order valence-corrected chi connectivity index (χ4v) is 5.95. The fraction of sp³-hybridized carbons (Fsp3) is 0.0769. The van der Waals surface area contributed by atoms with E-state index in [9.17, 15) is 34.4 Å². The normalized spacial score (nSPS) is 12.0. The van der Waals surface area contributed by atoms with Crippen molar-refractivity contribution >= 4 is 41.1 Å². The van der Waals surface area contributed by atoms with E-state index in [4.69, 9.17) is 0 Å². The molecule has 2 aromatic carbocycles. The fourth-order valence-electron chi connectivity index (χ4n) is 2.17. The van der Waals surface area contributed by atoms with Gasteiger partial charge in [0.25, 0.3) is 0 Å². The van der Waals surface area contributed by atoms with Gasteiger partial charge in [-0.25, -0.2) is 16.8 Å². The zero-order valence-corrected chi connectivity index (χ0v) is 16.9. The second-order valence-electron chi connectivity index (χ2n) is 4.90. The van der Waals surface area contributed by atoms with E-state index < -0.39 is 45.0 Å². The molecular weight excluding hydrogens is 410 g/mol. The molecule has 0 aliphatic carbocycles. The largest absolute Gasteiger partial charge is 1.00 e. The van der Waals surface area contributed by atoms with Crippen LogP contribution in [-0.4, -0.2) is 34.4 Å². The zero-order chi connectivity index (χ0) is 19.2. The van der Waals surface area contributed by atoms with E-state index in [-0.39, 0.29) is 54.3 Å². The van der Waals surface area contributed by atoms with Crippen LogP contribution in [0.2, 0.25) is 0 Å². The summed E-state index contributed by atoms with van der Waals surface area (Å²) < 4.78 is 98.4. The first-order valence-electron chi connectivity index (χ1n) is 6.32. The summed E-state index contributed by atoms with van der Waals surface area (Å²) in [4.78, 5) is -4.37. The first kappa shape index (κ1) is 26.2. The zero-order valence-electron chi connectivity index (χ0n) is 14.5. The number of hydrogen-bond acceptors (Lipinski definition) is 9. The quantitative estimate of drug-likeness (QED) is 0.200. The van der Waals surface area contributed by atoms with Gasteiger partial charge in [0.1, 0.15) is 30.9 Å². The maximum atomic E-state index is 12.4. The van der Waals surface area contributed by atoms with Gasteiger partial charge in [-0.1, -0.05) is 30.8 Å². The van der Waals surface area contributed by atoms with Crippen molar-refractivity contribution in [2.24, 2.45) is 0 Å². The van der Waals surface area contributed by atoms with Crippen LogP contribution in [0.5, 0.6) is 0 Å². The van der Waals surface area contributed by atoms with Gasteiger partial charge in [-0.05, 0) is 18.4 Å². The molecule has 0 radical (unpaired) electrons. The molecule has 2 rings (SSSR count). The van der Waals surface area contributed by atoms with E-state index in [1.807, 2.05) is 0 Å². The van der Waals surface area contributed by atoms with Crippen LogP contribution < -0.4 is 37.7 Å². The molecular formula is C13H10Li2O9S3. The van der Waals surface area contributed by atoms with Crippen LogP contribution in [0.25, 0.3) is 10.8 Å². The Labute approximate surface area is 180 Å². The Hall–Kier alpha value is -0.795. The third-order valence-corrected chi connectivity index (χ3v) is 6.41. The molecule has 27 heavy (non-hydrogen) atoms. The molecule has 0 amide bonds. The van der Waals surface area contributed by atoms with Gasteiger partial charge in [-0.3, -0.25) is 0 Å². The van der Waals surface area contributed by atoms with Crippen molar-refractivity contribution in [1.29, 1.82) is 0 Å². The average Bonchev–Trinajstić information content (AvgIpc) is 2.41. The molecule has 0 fully saturated rings. The van der Waals surface area contributed by atoms with Crippen LogP contribution >= 0.6 is 0 Å². The van der Waals surface area contributed by atoms with Crippen molar-refractivity contribution in [2.45, 2.75) is 21.6 Å². The third kappa shape index (κ3) is 5.61. The molecule has 2 aromatic rings. The van der Waals surface area contributed by atoms with Crippen LogP contribution in [0.4, 0.5) is 0 Å². The SMILES string of the molecule is C=C(C)OS(=O)(=O)c1c(S(=O)(=O)[O-])c(S(=O)(=O)[O-])cc2ccccc12.[Li+].[Li+]. The van der Waals surface area contributed by atoms with Gasteiger partial charge in [-0.15, -0.1) is 0 Å².